The molecule has 0 radical (unpaired) electrons. The lowest BCUT2D eigenvalue weighted by Crippen LogP contribution is -2.06. The SMILES string of the molecule is CC1=CCCCC1=NC1=CC=C(c2ccccn2)CC1. The van der Waals surface area contributed by atoms with E-state index in [1.54, 1.807) is 0 Å². The average Bonchev–Trinajstić information content (AvgIpc) is 2.51. The van der Waals surface area contributed by atoms with Crippen LogP contribution in [0.4, 0.5) is 0 Å². The molecule has 0 aliphatic heterocycles. The molecule has 0 spiro atoms. The fourth-order valence-corrected chi connectivity index (χ4v) is 2.71. The molecule has 20 heavy (non-hydrogen) atoms. The van der Waals surface area contributed by atoms with Crippen LogP contribution in [0, 0.1) is 0 Å². The summed E-state index contributed by atoms with van der Waals surface area (Å²) in [5.74, 6) is 0. The molecule has 0 saturated heterocycles. The van der Waals surface area contributed by atoms with Crippen LogP contribution in [-0.2, 0) is 0 Å². The fourth-order valence-electron chi connectivity index (χ4n) is 2.71. The third-order valence-corrected chi connectivity index (χ3v) is 3.92. The zero-order chi connectivity index (χ0) is 13.8. The summed E-state index contributed by atoms with van der Waals surface area (Å²) in [6.45, 7) is 2.18. The van der Waals surface area contributed by atoms with Gasteiger partial charge in [0.15, 0.2) is 0 Å². The second-order valence-electron chi connectivity index (χ2n) is 5.40. The highest BCUT2D eigenvalue weighted by molar-refractivity contribution is 6.00. The van der Waals surface area contributed by atoms with Gasteiger partial charge in [0.2, 0.25) is 0 Å². The van der Waals surface area contributed by atoms with Crippen LogP contribution in [0.15, 0.2) is 58.9 Å². The molecule has 1 aromatic heterocycles. The maximum absolute atomic E-state index is 4.85. The second kappa shape index (κ2) is 6.00. The number of aromatic nitrogens is 1. The van der Waals surface area contributed by atoms with Gasteiger partial charge in [0.25, 0.3) is 0 Å². The number of hydrogen-bond donors (Lipinski definition) is 0. The summed E-state index contributed by atoms with van der Waals surface area (Å²) in [7, 11) is 0. The second-order valence-corrected chi connectivity index (χ2v) is 5.40. The molecule has 0 bridgehead atoms. The first-order valence-electron chi connectivity index (χ1n) is 7.39. The molecule has 1 aromatic rings. The minimum absolute atomic E-state index is 1.01. The Morgan fingerprint density at radius 1 is 1.10 bits per heavy atom. The minimum atomic E-state index is 1.01. The summed E-state index contributed by atoms with van der Waals surface area (Å²) in [6.07, 6.45) is 14.1. The van der Waals surface area contributed by atoms with Crippen molar-refractivity contribution >= 4 is 11.3 Å². The van der Waals surface area contributed by atoms with Crippen LogP contribution in [0.5, 0.6) is 0 Å². The molecule has 0 aromatic carbocycles. The largest absolute Gasteiger partial charge is 0.258 e. The molecule has 0 unspecified atom stereocenters. The topological polar surface area (TPSA) is 25.2 Å². The molecular formula is C18H20N2. The minimum Gasteiger partial charge on any atom is -0.258 e. The van der Waals surface area contributed by atoms with Crippen molar-refractivity contribution in [2.45, 2.75) is 39.0 Å². The summed E-state index contributed by atoms with van der Waals surface area (Å²) in [4.78, 5) is 9.26. The van der Waals surface area contributed by atoms with Crippen molar-refractivity contribution in [1.29, 1.82) is 0 Å². The average molecular weight is 264 g/mol. The third kappa shape index (κ3) is 2.96. The van der Waals surface area contributed by atoms with Crippen LogP contribution in [0.2, 0.25) is 0 Å². The van der Waals surface area contributed by atoms with E-state index in [9.17, 15) is 0 Å². The number of rotatable bonds is 2. The van der Waals surface area contributed by atoms with Gasteiger partial charge in [0, 0.05) is 17.6 Å². The molecule has 0 saturated carbocycles. The first kappa shape index (κ1) is 13.0. The van der Waals surface area contributed by atoms with Crippen LogP contribution in [0.1, 0.15) is 44.7 Å². The van der Waals surface area contributed by atoms with Gasteiger partial charge in [-0.05, 0) is 68.4 Å². The fraction of sp³-hybridized carbons (Fsp3) is 0.333. The van der Waals surface area contributed by atoms with E-state index in [0.29, 0.717) is 0 Å². The van der Waals surface area contributed by atoms with E-state index in [2.05, 4.69) is 36.2 Å². The van der Waals surface area contributed by atoms with Gasteiger partial charge in [0.1, 0.15) is 0 Å². The van der Waals surface area contributed by atoms with E-state index < -0.39 is 0 Å². The van der Waals surface area contributed by atoms with Gasteiger partial charge in [0.05, 0.1) is 5.69 Å². The van der Waals surface area contributed by atoms with Gasteiger partial charge in [-0.3, -0.25) is 9.98 Å². The number of pyridine rings is 1. The highest BCUT2D eigenvalue weighted by Gasteiger charge is 2.11. The summed E-state index contributed by atoms with van der Waals surface area (Å²) in [5, 5.41) is 0. The molecule has 3 rings (SSSR count). The van der Waals surface area contributed by atoms with Crippen molar-refractivity contribution in [3.63, 3.8) is 0 Å². The molecule has 0 fully saturated rings. The maximum Gasteiger partial charge on any atom is 0.0661 e. The molecule has 0 atom stereocenters. The lowest BCUT2D eigenvalue weighted by atomic mass is 9.97. The molecule has 1 heterocycles. The molecule has 2 aliphatic carbocycles. The normalized spacial score (nSPS) is 21.2. The Morgan fingerprint density at radius 3 is 2.75 bits per heavy atom. The molecule has 0 amide bonds. The van der Waals surface area contributed by atoms with Crippen molar-refractivity contribution in [1.82, 2.24) is 4.98 Å². The van der Waals surface area contributed by atoms with Crippen molar-refractivity contribution in [3.8, 4) is 0 Å². The van der Waals surface area contributed by atoms with Crippen molar-refractivity contribution in [3.05, 3.63) is 59.6 Å². The Bertz CT molecular complexity index is 604. The molecule has 0 N–H and O–H groups in total. The maximum atomic E-state index is 4.85. The lowest BCUT2D eigenvalue weighted by Gasteiger charge is -2.15. The molecule has 102 valence electrons. The van der Waals surface area contributed by atoms with Crippen molar-refractivity contribution < 1.29 is 0 Å². The van der Waals surface area contributed by atoms with E-state index in [4.69, 9.17) is 4.99 Å². The number of allylic oxidation sites excluding steroid dienone is 6. The van der Waals surface area contributed by atoms with Crippen molar-refractivity contribution in [2.24, 2.45) is 4.99 Å². The van der Waals surface area contributed by atoms with E-state index in [0.717, 1.165) is 25.0 Å². The molecule has 2 aliphatic rings. The highest BCUT2D eigenvalue weighted by Crippen LogP contribution is 2.27. The summed E-state index contributed by atoms with van der Waals surface area (Å²) >= 11 is 0. The van der Waals surface area contributed by atoms with E-state index >= 15 is 0 Å². The molecular weight excluding hydrogens is 244 g/mol. The van der Waals surface area contributed by atoms with Gasteiger partial charge >= 0.3 is 0 Å². The Labute approximate surface area is 120 Å². The van der Waals surface area contributed by atoms with Crippen LogP contribution < -0.4 is 0 Å². The Balaban J connectivity index is 1.80. The standard InChI is InChI=1S/C18H20N2/c1-14-6-2-3-7-17(14)20-16-11-9-15(10-12-16)18-8-4-5-13-19-18/h4-6,8-9,11,13H,2-3,7,10,12H2,1H3. The Morgan fingerprint density at radius 2 is 2.05 bits per heavy atom. The smallest absolute Gasteiger partial charge is 0.0661 e. The van der Waals surface area contributed by atoms with Gasteiger partial charge in [-0.15, -0.1) is 0 Å². The van der Waals surface area contributed by atoms with Gasteiger partial charge < -0.3 is 0 Å². The molecule has 2 heteroatoms. The van der Waals surface area contributed by atoms with Crippen LogP contribution in [-0.4, -0.2) is 10.7 Å². The number of nitrogens with zero attached hydrogens (tertiary/aromatic N) is 2. The van der Waals surface area contributed by atoms with Crippen LogP contribution in [0.25, 0.3) is 5.57 Å². The summed E-state index contributed by atoms with van der Waals surface area (Å²) in [6, 6.07) is 6.07. The predicted octanol–water partition coefficient (Wildman–Crippen LogP) is 4.71. The van der Waals surface area contributed by atoms with E-state index in [-0.39, 0.29) is 0 Å². The van der Waals surface area contributed by atoms with Gasteiger partial charge in [-0.1, -0.05) is 18.2 Å². The molecule has 2 nitrogen and oxygen atoms in total. The summed E-state index contributed by atoms with van der Waals surface area (Å²) in [5.41, 5.74) is 6.23. The first-order chi connectivity index (χ1) is 9.83. The lowest BCUT2D eigenvalue weighted by molar-refractivity contribution is 0.858. The zero-order valence-electron chi connectivity index (χ0n) is 12.0. The Hall–Kier alpha value is -1.96. The van der Waals surface area contributed by atoms with E-state index in [1.165, 1.54) is 35.4 Å². The Kier molecular flexibility index (Phi) is 3.91. The summed E-state index contributed by atoms with van der Waals surface area (Å²) < 4.78 is 0. The van der Waals surface area contributed by atoms with E-state index in [1.807, 2.05) is 18.3 Å². The first-order valence-corrected chi connectivity index (χ1v) is 7.39. The monoisotopic (exact) mass is 264 g/mol. The van der Waals surface area contributed by atoms with Gasteiger partial charge in [-0.25, -0.2) is 0 Å². The van der Waals surface area contributed by atoms with Crippen LogP contribution >= 0.6 is 0 Å². The number of hydrogen-bond acceptors (Lipinski definition) is 2. The zero-order valence-corrected chi connectivity index (χ0v) is 12.0. The highest BCUT2D eigenvalue weighted by atomic mass is 14.8. The number of aliphatic imine (C=N–C) groups is 1. The quantitative estimate of drug-likeness (QED) is 0.759. The van der Waals surface area contributed by atoms with Crippen molar-refractivity contribution in [2.75, 3.05) is 0 Å². The van der Waals surface area contributed by atoms with Gasteiger partial charge in [-0.2, -0.15) is 0 Å². The van der Waals surface area contributed by atoms with Crippen LogP contribution in [0.3, 0.4) is 0 Å². The third-order valence-electron chi connectivity index (χ3n) is 3.92. The predicted molar refractivity (Wildman–Crippen MR) is 84.6 cm³/mol.